The van der Waals surface area contributed by atoms with Crippen molar-refractivity contribution in [3.63, 3.8) is 0 Å². The Balaban J connectivity index is 1.07. The zero-order chi connectivity index (χ0) is 74.3. The number of hydrogen-bond donors (Lipinski definition) is 0. The van der Waals surface area contributed by atoms with Crippen LogP contribution in [0, 0.1) is 6.92 Å². The molecule has 5 heterocycles. The van der Waals surface area contributed by atoms with Gasteiger partial charge in [0.15, 0.2) is 0 Å². The average molecular weight is 1380 g/mol. The first-order valence-electron chi connectivity index (χ1n) is 38.0. The summed E-state index contributed by atoms with van der Waals surface area (Å²) in [6.07, 6.45) is 0. The van der Waals surface area contributed by atoms with Gasteiger partial charge in [-0.25, -0.2) is 0 Å². The Morgan fingerprint density at radius 2 is 0.500 bits per heavy atom. The molecule has 0 fully saturated rings. The molecule has 0 unspecified atom stereocenters. The van der Waals surface area contributed by atoms with Gasteiger partial charge < -0.3 is 14.4 Å². The van der Waals surface area contributed by atoms with Crippen LogP contribution in [0.15, 0.2) is 153 Å². The summed E-state index contributed by atoms with van der Waals surface area (Å²) in [5.41, 5.74) is 34.1. The number of aromatic nitrogens is 1. The normalized spacial score (nSPS) is 14.7. The standard InChI is InChI=1S/C95H115B2N3S2/c1-54-84-79-83-80-85(54)102-78-53-66(99(69-44-59(90(14,15)16)38-60(45-69)91(17,18)19)70-46-61(92(20,21)22)39-62(47-70)93(23,24)25)33-35-74(78)97(80)76-51-64(95(29,30)31)49-72-71-48-63(94(26,27)28)50-75(81(71)100(83)82(72)76)96(79)73-34-32-65(52-77(73)101-84)98(67-40-55(86(2,3)4)36-56(41-67)87(5,6)7)68-42-57(88(8,9)10)37-58(43-68)89(11,12)13/h32-53H,1-31H3. The number of hydrogen-bond acceptors (Lipinski definition) is 4. The number of nitrogens with zero attached hydrogens (tertiary/aromatic N) is 3. The summed E-state index contributed by atoms with van der Waals surface area (Å²) >= 11 is 4.07. The summed E-state index contributed by atoms with van der Waals surface area (Å²) in [5.74, 6) is 0. The minimum Gasteiger partial charge on any atom is -0.311 e. The molecule has 0 spiro atoms. The van der Waals surface area contributed by atoms with E-state index < -0.39 is 0 Å². The Kier molecular flexibility index (Phi) is 16.3. The Hall–Kier alpha value is -6.79. The second kappa shape index (κ2) is 23.1. The highest BCUT2D eigenvalue weighted by molar-refractivity contribution is 8.01. The van der Waals surface area contributed by atoms with Crippen molar-refractivity contribution in [1.82, 2.24) is 4.57 Å². The van der Waals surface area contributed by atoms with Gasteiger partial charge in [0.1, 0.15) is 0 Å². The first kappa shape index (κ1) is 72.2. The van der Waals surface area contributed by atoms with Gasteiger partial charge in [0.05, 0.1) is 0 Å². The van der Waals surface area contributed by atoms with Gasteiger partial charge in [-0.1, -0.05) is 291 Å². The summed E-state index contributed by atoms with van der Waals surface area (Å²) in [6, 6.07) is 55.7. The van der Waals surface area contributed by atoms with Gasteiger partial charge in [0.25, 0.3) is 0 Å². The van der Waals surface area contributed by atoms with Crippen molar-refractivity contribution in [2.45, 2.75) is 288 Å². The van der Waals surface area contributed by atoms with Crippen molar-refractivity contribution in [2.75, 3.05) is 9.80 Å². The SMILES string of the molecule is Cc1c2c3c4c5c1Sc1cc(N(c6cc(C(C)(C)C)cc(C(C)(C)C)c6)c6cc(C(C)(C)C)cc(C(C)(C)C)c6)ccc1B5c1cc(C(C)(C)C)cc5c6cc(C(C)(C)C)cc(c6n-4c15)B3c1ccc(N(c3cc(C(C)(C)C)cc(C(C)(C)C)c3)c3cc(C(C)(C)C)cc(C(C)(C)C)c3)cc1S2. The fourth-order valence-electron chi connectivity index (χ4n) is 16.2. The van der Waals surface area contributed by atoms with E-state index in [0.717, 1.165) is 0 Å². The van der Waals surface area contributed by atoms with Gasteiger partial charge >= 0.3 is 0 Å². The fourth-order valence-corrected chi connectivity index (χ4v) is 18.9. The van der Waals surface area contributed by atoms with Crippen LogP contribution < -0.4 is 42.6 Å². The molecule has 0 atom stereocenters. The van der Waals surface area contributed by atoms with Gasteiger partial charge in [-0.05, 0) is 229 Å². The number of fused-ring (bicyclic) bond motifs is 7. The Morgan fingerprint density at radius 3 is 0.735 bits per heavy atom. The maximum atomic E-state index is 2.82. The molecular formula is C95H115B2N3S2. The molecule has 10 aromatic rings. The molecule has 3 nitrogen and oxygen atoms in total. The summed E-state index contributed by atoms with van der Waals surface area (Å²) in [5, 5.41) is 2.75. The maximum absolute atomic E-state index is 2.82. The average Bonchev–Trinajstić information content (AvgIpc) is 1.41. The van der Waals surface area contributed by atoms with Crippen molar-refractivity contribution >= 4 is 126 Å². The maximum Gasteiger partial charge on any atom is 0.249 e. The number of anilines is 6. The Labute approximate surface area is 624 Å². The van der Waals surface area contributed by atoms with E-state index in [-0.39, 0.29) is 67.6 Å². The number of benzene rings is 9. The zero-order valence-electron chi connectivity index (χ0n) is 68.0. The predicted octanol–water partition coefficient (Wildman–Crippen LogP) is 23.6. The molecule has 0 saturated carbocycles. The Bertz CT molecular complexity index is 4580. The van der Waals surface area contributed by atoms with Gasteiger partial charge in [0, 0.05) is 81.2 Å². The first-order chi connectivity index (χ1) is 46.8. The van der Waals surface area contributed by atoms with E-state index in [9.17, 15) is 0 Å². The quantitative estimate of drug-likeness (QED) is 0.154. The molecule has 1 aromatic heterocycles. The molecule has 528 valence electrons. The molecule has 102 heavy (non-hydrogen) atoms. The molecular weight excluding hydrogens is 1270 g/mol. The third-order valence-corrected chi connectivity index (χ3v) is 25.6. The molecule has 0 bridgehead atoms. The minimum atomic E-state index is -0.104. The third-order valence-electron chi connectivity index (χ3n) is 23.0. The molecule has 4 aliphatic heterocycles. The van der Waals surface area contributed by atoms with Crippen LogP contribution in [0.3, 0.4) is 0 Å². The number of rotatable bonds is 6. The van der Waals surface area contributed by atoms with Crippen LogP contribution in [0.2, 0.25) is 0 Å². The predicted molar refractivity (Wildman–Crippen MR) is 452 cm³/mol. The molecule has 0 N–H and O–H groups in total. The van der Waals surface area contributed by atoms with Crippen LogP contribution in [0.4, 0.5) is 34.1 Å². The van der Waals surface area contributed by atoms with Gasteiger partial charge in [-0.2, -0.15) is 0 Å². The monoisotopic (exact) mass is 1380 g/mol. The van der Waals surface area contributed by atoms with Crippen molar-refractivity contribution < 1.29 is 0 Å². The van der Waals surface area contributed by atoms with E-state index in [1.807, 2.05) is 23.5 Å². The summed E-state index contributed by atoms with van der Waals surface area (Å²) in [6.45, 7) is 74.0. The lowest BCUT2D eigenvalue weighted by molar-refractivity contribution is 0.567. The zero-order valence-corrected chi connectivity index (χ0v) is 69.6. The van der Waals surface area contributed by atoms with E-state index in [1.54, 1.807) is 0 Å². The van der Waals surface area contributed by atoms with E-state index in [1.165, 1.54) is 175 Å². The van der Waals surface area contributed by atoms with E-state index in [2.05, 4.69) is 362 Å². The highest BCUT2D eigenvalue weighted by Crippen LogP contribution is 2.52. The van der Waals surface area contributed by atoms with Crippen molar-refractivity contribution in [3.05, 3.63) is 195 Å². The largest absolute Gasteiger partial charge is 0.311 e. The molecule has 0 saturated heterocycles. The summed E-state index contributed by atoms with van der Waals surface area (Å²) in [7, 11) is 0. The van der Waals surface area contributed by atoms with Crippen LogP contribution in [0.1, 0.15) is 269 Å². The third kappa shape index (κ3) is 12.2. The molecule has 0 radical (unpaired) electrons. The smallest absolute Gasteiger partial charge is 0.249 e. The van der Waals surface area contributed by atoms with Crippen LogP contribution in [-0.2, 0) is 54.1 Å². The summed E-state index contributed by atoms with van der Waals surface area (Å²) < 4.78 is 2.82. The van der Waals surface area contributed by atoms with E-state index in [4.69, 9.17) is 0 Å². The molecule has 14 rings (SSSR count). The fraction of sp³-hybridized carbons (Fsp3) is 0.432. The van der Waals surface area contributed by atoms with Gasteiger partial charge in [0.2, 0.25) is 13.4 Å². The summed E-state index contributed by atoms with van der Waals surface area (Å²) in [4.78, 5) is 10.7. The lowest BCUT2D eigenvalue weighted by Crippen LogP contribution is -2.66. The van der Waals surface area contributed by atoms with Crippen LogP contribution in [0.5, 0.6) is 0 Å². The second-order valence-electron chi connectivity index (χ2n) is 41.5. The van der Waals surface area contributed by atoms with Crippen LogP contribution >= 0.6 is 23.5 Å². The highest BCUT2D eigenvalue weighted by atomic mass is 32.2. The van der Waals surface area contributed by atoms with Gasteiger partial charge in [-0.15, -0.1) is 0 Å². The molecule has 9 aromatic carbocycles. The van der Waals surface area contributed by atoms with Gasteiger partial charge in [-0.3, -0.25) is 0 Å². The molecule has 7 heteroatoms. The van der Waals surface area contributed by atoms with Crippen molar-refractivity contribution in [3.8, 4) is 5.69 Å². The lowest BCUT2D eigenvalue weighted by atomic mass is 9.31. The van der Waals surface area contributed by atoms with Crippen LogP contribution in [0.25, 0.3) is 27.5 Å². The van der Waals surface area contributed by atoms with Crippen molar-refractivity contribution in [1.29, 1.82) is 0 Å². The highest BCUT2D eigenvalue weighted by Gasteiger charge is 2.50. The molecule has 4 aliphatic rings. The van der Waals surface area contributed by atoms with Crippen LogP contribution in [-0.4, -0.2) is 18.0 Å². The first-order valence-corrected chi connectivity index (χ1v) is 39.7. The van der Waals surface area contributed by atoms with E-state index in [0.29, 0.717) is 0 Å². The second-order valence-corrected chi connectivity index (χ2v) is 43.6. The molecule has 0 amide bonds. The topological polar surface area (TPSA) is 11.4 Å². The minimum absolute atomic E-state index is 0.00288. The van der Waals surface area contributed by atoms with E-state index >= 15 is 0 Å². The lowest BCUT2D eigenvalue weighted by Gasteiger charge is -2.42. The molecule has 0 aliphatic carbocycles. The Morgan fingerprint density at radius 1 is 0.265 bits per heavy atom. The van der Waals surface area contributed by atoms with Crippen molar-refractivity contribution in [2.24, 2.45) is 0 Å².